The number of nitrogens with zero attached hydrogens (tertiary/aromatic N) is 1. The van der Waals surface area contributed by atoms with Crippen molar-refractivity contribution >= 4 is 5.82 Å². The van der Waals surface area contributed by atoms with E-state index in [-0.39, 0.29) is 11.9 Å². The molecule has 2 aromatic rings. The minimum absolute atomic E-state index is 0.0948. The first-order chi connectivity index (χ1) is 9.72. The smallest absolute Gasteiger partial charge is 0.127 e. The molecule has 1 aromatic carbocycles. The zero-order chi connectivity index (χ0) is 14.4. The van der Waals surface area contributed by atoms with Crippen LogP contribution in [0.2, 0.25) is 0 Å². The Morgan fingerprint density at radius 2 is 2.05 bits per heavy atom. The standard InChI is InChI=1S/C16H20FN3/c1-2-9-19-15(13-7-3-4-8-14(13)17)11-12-6-5-10-20-16(12)18/h3-8,10,15,19H,2,9,11H2,1H3,(H2,18,20). The molecule has 3 N–H and O–H groups in total. The van der Waals surface area contributed by atoms with Gasteiger partial charge in [0, 0.05) is 17.8 Å². The molecule has 0 aliphatic heterocycles. The number of rotatable bonds is 6. The number of nitrogen functional groups attached to an aromatic ring is 1. The topological polar surface area (TPSA) is 50.9 Å². The molecular weight excluding hydrogens is 253 g/mol. The summed E-state index contributed by atoms with van der Waals surface area (Å²) in [7, 11) is 0. The lowest BCUT2D eigenvalue weighted by molar-refractivity contribution is 0.497. The Hall–Kier alpha value is -1.94. The number of nitrogens with two attached hydrogens (primary N) is 1. The van der Waals surface area contributed by atoms with Crippen LogP contribution < -0.4 is 11.1 Å². The van der Waals surface area contributed by atoms with Gasteiger partial charge in [-0.2, -0.15) is 0 Å². The SMILES string of the molecule is CCCNC(Cc1cccnc1N)c1ccccc1F. The molecule has 0 amide bonds. The van der Waals surface area contributed by atoms with Gasteiger partial charge in [0.2, 0.25) is 0 Å². The van der Waals surface area contributed by atoms with Crippen LogP contribution >= 0.6 is 0 Å². The Labute approximate surface area is 119 Å². The molecule has 1 heterocycles. The van der Waals surface area contributed by atoms with Gasteiger partial charge in [-0.25, -0.2) is 9.37 Å². The third kappa shape index (κ3) is 3.54. The Morgan fingerprint density at radius 1 is 1.25 bits per heavy atom. The lowest BCUT2D eigenvalue weighted by atomic mass is 9.98. The predicted octanol–water partition coefficient (Wildman–Crippen LogP) is 3.09. The van der Waals surface area contributed by atoms with Gasteiger partial charge >= 0.3 is 0 Å². The summed E-state index contributed by atoms with van der Waals surface area (Å²) in [6.45, 7) is 2.92. The quantitative estimate of drug-likeness (QED) is 0.850. The molecule has 4 heteroatoms. The van der Waals surface area contributed by atoms with E-state index in [9.17, 15) is 4.39 Å². The minimum atomic E-state index is -0.191. The fourth-order valence-corrected chi connectivity index (χ4v) is 2.21. The molecule has 1 atom stereocenters. The van der Waals surface area contributed by atoms with Crippen LogP contribution in [0.3, 0.4) is 0 Å². The molecule has 0 spiro atoms. The van der Waals surface area contributed by atoms with Gasteiger partial charge in [0.05, 0.1) is 0 Å². The molecule has 0 bridgehead atoms. The summed E-state index contributed by atoms with van der Waals surface area (Å²) < 4.78 is 14.0. The summed E-state index contributed by atoms with van der Waals surface area (Å²) in [4.78, 5) is 4.08. The Balaban J connectivity index is 2.24. The molecule has 0 fully saturated rings. The average Bonchev–Trinajstić information content (AvgIpc) is 2.46. The molecular formula is C16H20FN3. The van der Waals surface area contributed by atoms with Gasteiger partial charge in [0.15, 0.2) is 0 Å². The first-order valence-corrected chi connectivity index (χ1v) is 6.89. The number of pyridine rings is 1. The van der Waals surface area contributed by atoms with Crippen molar-refractivity contribution in [3.05, 3.63) is 59.5 Å². The average molecular weight is 273 g/mol. The van der Waals surface area contributed by atoms with Gasteiger partial charge in [-0.3, -0.25) is 0 Å². The highest BCUT2D eigenvalue weighted by atomic mass is 19.1. The van der Waals surface area contributed by atoms with E-state index in [1.165, 1.54) is 6.07 Å². The van der Waals surface area contributed by atoms with Gasteiger partial charge in [0.1, 0.15) is 11.6 Å². The van der Waals surface area contributed by atoms with Crippen molar-refractivity contribution in [3.8, 4) is 0 Å². The van der Waals surface area contributed by atoms with Crippen molar-refractivity contribution in [2.45, 2.75) is 25.8 Å². The van der Waals surface area contributed by atoms with E-state index in [0.29, 0.717) is 17.8 Å². The van der Waals surface area contributed by atoms with Crippen LogP contribution in [0.4, 0.5) is 10.2 Å². The highest BCUT2D eigenvalue weighted by molar-refractivity contribution is 5.40. The van der Waals surface area contributed by atoms with Crippen LogP contribution in [0.15, 0.2) is 42.6 Å². The second-order valence-corrected chi connectivity index (χ2v) is 4.78. The summed E-state index contributed by atoms with van der Waals surface area (Å²) in [5.74, 6) is 0.315. The third-order valence-electron chi connectivity index (χ3n) is 3.27. The van der Waals surface area contributed by atoms with Crippen molar-refractivity contribution in [3.63, 3.8) is 0 Å². The van der Waals surface area contributed by atoms with Gasteiger partial charge in [0.25, 0.3) is 0 Å². The highest BCUT2D eigenvalue weighted by Crippen LogP contribution is 2.23. The van der Waals surface area contributed by atoms with E-state index < -0.39 is 0 Å². The maximum Gasteiger partial charge on any atom is 0.127 e. The molecule has 1 aromatic heterocycles. The second-order valence-electron chi connectivity index (χ2n) is 4.78. The zero-order valence-electron chi connectivity index (χ0n) is 11.6. The van der Waals surface area contributed by atoms with Crippen LogP contribution in [0.1, 0.15) is 30.5 Å². The van der Waals surface area contributed by atoms with Crippen LogP contribution in [0, 0.1) is 5.82 Å². The lowest BCUT2D eigenvalue weighted by Crippen LogP contribution is -2.25. The van der Waals surface area contributed by atoms with Crippen LogP contribution in [-0.2, 0) is 6.42 Å². The number of hydrogen-bond donors (Lipinski definition) is 2. The molecule has 20 heavy (non-hydrogen) atoms. The summed E-state index contributed by atoms with van der Waals surface area (Å²) >= 11 is 0. The molecule has 0 radical (unpaired) electrons. The molecule has 2 rings (SSSR count). The first-order valence-electron chi connectivity index (χ1n) is 6.89. The molecule has 0 saturated heterocycles. The monoisotopic (exact) mass is 273 g/mol. The largest absolute Gasteiger partial charge is 0.383 e. The van der Waals surface area contributed by atoms with Crippen molar-refractivity contribution < 1.29 is 4.39 Å². The fourth-order valence-electron chi connectivity index (χ4n) is 2.21. The Kier molecular flexibility index (Phi) is 5.07. The van der Waals surface area contributed by atoms with Crippen LogP contribution in [0.25, 0.3) is 0 Å². The van der Waals surface area contributed by atoms with Gasteiger partial charge in [-0.15, -0.1) is 0 Å². The van der Waals surface area contributed by atoms with E-state index in [4.69, 9.17) is 5.73 Å². The number of hydrogen-bond acceptors (Lipinski definition) is 3. The van der Waals surface area contributed by atoms with E-state index in [2.05, 4.69) is 17.2 Å². The molecule has 106 valence electrons. The van der Waals surface area contributed by atoms with Crippen molar-refractivity contribution in [1.29, 1.82) is 0 Å². The van der Waals surface area contributed by atoms with Crippen molar-refractivity contribution in [2.24, 2.45) is 0 Å². The van der Waals surface area contributed by atoms with Gasteiger partial charge < -0.3 is 11.1 Å². The number of aromatic nitrogens is 1. The van der Waals surface area contributed by atoms with E-state index in [1.807, 2.05) is 24.3 Å². The van der Waals surface area contributed by atoms with Crippen molar-refractivity contribution in [1.82, 2.24) is 10.3 Å². The molecule has 1 unspecified atom stereocenters. The van der Waals surface area contributed by atoms with Gasteiger partial charge in [-0.1, -0.05) is 31.2 Å². The number of anilines is 1. The summed E-state index contributed by atoms with van der Waals surface area (Å²) in [5.41, 5.74) is 7.49. The second kappa shape index (κ2) is 7.01. The molecule has 0 aliphatic rings. The third-order valence-corrected chi connectivity index (χ3v) is 3.27. The maximum absolute atomic E-state index is 14.0. The van der Waals surface area contributed by atoms with E-state index in [0.717, 1.165) is 18.5 Å². The molecule has 0 saturated carbocycles. The normalized spacial score (nSPS) is 12.3. The Morgan fingerprint density at radius 3 is 2.75 bits per heavy atom. The van der Waals surface area contributed by atoms with Crippen molar-refractivity contribution in [2.75, 3.05) is 12.3 Å². The van der Waals surface area contributed by atoms with Crippen LogP contribution in [0.5, 0.6) is 0 Å². The number of nitrogens with one attached hydrogen (secondary N) is 1. The fraction of sp³-hybridized carbons (Fsp3) is 0.312. The van der Waals surface area contributed by atoms with E-state index >= 15 is 0 Å². The Bertz CT molecular complexity index is 557. The molecule has 0 aliphatic carbocycles. The molecule has 3 nitrogen and oxygen atoms in total. The van der Waals surface area contributed by atoms with Gasteiger partial charge in [-0.05, 0) is 37.1 Å². The zero-order valence-corrected chi connectivity index (χ0v) is 11.6. The summed E-state index contributed by atoms with van der Waals surface area (Å²) in [5, 5.41) is 3.38. The minimum Gasteiger partial charge on any atom is -0.383 e. The predicted molar refractivity (Wildman–Crippen MR) is 79.8 cm³/mol. The van der Waals surface area contributed by atoms with Crippen LogP contribution in [-0.4, -0.2) is 11.5 Å². The maximum atomic E-state index is 14.0. The van der Waals surface area contributed by atoms with E-state index in [1.54, 1.807) is 12.3 Å². The lowest BCUT2D eigenvalue weighted by Gasteiger charge is -2.20. The highest BCUT2D eigenvalue weighted by Gasteiger charge is 2.16. The number of benzene rings is 1. The summed E-state index contributed by atoms with van der Waals surface area (Å²) in [6, 6.07) is 10.5. The summed E-state index contributed by atoms with van der Waals surface area (Å²) in [6.07, 6.45) is 3.28. The first kappa shape index (κ1) is 14.5. The number of halogens is 1.